The molecule has 92 valence electrons. The van der Waals surface area contributed by atoms with Crippen molar-refractivity contribution in [3.63, 3.8) is 0 Å². The van der Waals surface area contributed by atoms with Crippen LogP contribution in [-0.2, 0) is 4.79 Å². The van der Waals surface area contributed by atoms with Gasteiger partial charge in [0.2, 0.25) is 5.91 Å². The van der Waals surface area contributed by atoms with Gasteiger partial charge in [0.25, 0.3) is 0 Å². The number of likely N-dealkylation sites (N-methyl/N-ethyl adjacent to an activating group) is 1. The molecule has 1 unspecified atom stereocenters. The fourth-order valence-electron chi connectivity index (χ4n) is 1.37. The molecule has 0 spiro atoms. The predicted molar refractivity (Wildman–Crippen MR) is 74.5 cm³/mol. The number of carbonyl (C=O) groups excluding carboxylic acids is 1. The maximum absolute atomic E-state index is 11.4. The lowest BCUT2D eigenvalue weighted by Crippen LogP contribution is -2.35. The van der Waals surface area contributed by atoms with Crippen LogP contribution in [0, 0.1) is 0 Å². The number of carbonyl (C=O) groups is 1. The van der Waals surface area contributed by atoms with Crippen LogP contribution in [0.5, 0.6) is 0 Å². The zero-order chi connectivity index (χ0) is 13.0. The summed E-state index contributed by atoms with van der Waals surface area (Å²) in [5, 5.41) is 6.12. The number of amides is 1. The summed E-state index contributed by atoms with van der Waals surface area (Å²) >= 11 is 10.8. The molecule has 4 nitrogen and oxygen atoms in total. The normalized spacial score (nSPS) is 11.7. The second-order valence-corrected chi connectivity index (χ2v) is 4.41. The molecule has 1 aromatic rings. The minimum atomic E-state index is -0.397. The van der Waals surface area contributed by atoms with Gasteiger partial charge in [-0.25, -0.2) is 0 Å². The molecule has 17 heavy (non-hydrogen) atoms. The van der Waals surface area contributed by atoms with Crippen molar-refractivity contribution in [1.29, 1.82) is 0 Å². The van der Waals surface area contributed by atoms with E-state index in [1.54, 1.807) is 32.2 Å². The topological polar surface area (TPSA) is 67.2 Å². The number of thiocarbonyl (C=S) groups is 1. The number of rotatable bonds is 4. The van der Waals surface area contributed by atoms with Gasteiger partial charge in [0.05, 0.1) is 0 Å². The zero-order valence-electron chi connectivity index (χ0n) is 9.58. The summed E-state index contributed by atoms with van der Waals surface area (Å²) in [6.45, 7) is 1.74. The van der Waals surface area contributed by atoms with Gasteiger partial charge in [0, 0.05) is 23.3 Å². The van der Waals surface area contributed by atoms with E-state index >= 15 is 0 Å². The van der Waals surface area contributed by atoms with Gasteiger partial charge in [0.1, 0.15) is 11.0 Å². The van der Waals surface area contributed by atoms with Gasteiger partial charge >= 0.3 is 0 Å². The third-order valence-corrected chi connectivity index (χ3v) is 2.71. The molecule has 1 aromatic carbocycles. The third-order valence-electron chi connectivity index (χ3n) is 2.26. The molecular formula is C11H14ClN3OS. The molecule has 4 N–H and O–H groups in total. The highest BCUT2D eigenvalue weighted by Crippen LogP contribution is 2.21. The van der Waals surface area contributed by atoms with E-state index in [0.29, 0.717) is 16.3 Å². The minimum absolute atomic E-state index is 0.126. The summed E-state index contributed by atoms with van der Waals surface area (Å²) in [4.78, 5) is 11.7. The maximum Gasteiger partial charge on any atom is 0.241 e. The van der Waals surface area contributed by atoms with Gasteiger partial charge in [-0.15, -0.1) is 0 Å². The van der Waals surface area contributed by atoms with Crippen LogP contribution in [0.4, 0.5) is 5.69 Å². The third kappa shape index (κ3) is 3.57. The largest absolute Gasteiger partial charge is 0.389 e. The van der Waals surface area contributed by atoms with Crippen molar-refractivity contribution in [2.45, 2.75) is 13.0 Å². The first kappa shape index (κ1) is 13.7. The number of hydrogen-bond donors (Lipinski definition) is 3. The van der Waals surface area contributed by atoms with E-state index in [2.05, 4.69) is 10.6 Å². The van der Waals surface area contributed by atoms with E-state index in [9.17, 15) is 4.79 Å². The Balaban J connectivity index is 3.00. The molecule has 1 atom stereocenters. The van der Waals surface area contributed by atoms with Crippen molar-refractivity contribution in [2.24, 2.45) is 5.73 Å². The Morgan fingerprint density at radius 2 is 2.18 bits per heavy atom. The summed E-state index contributed by atoms with van der Waals surface area (Å²) in [6, 6.07) is 4.72. The first-order valence-corrected chi connectivity index (χ1v) is 5.81. The number of nitrogens with two attached hydrogens (primary N) is 1. The molecule has 0 saturated heterocycles. The van der Waals surface area contributed by atoms with E-state index in [1.807, 2.05) is 0 Å². The van der Waals surface area contributed by atoms with E-state index in [-0.39, 0.29) is 10.9 Å². The molecule has 0 fully saturated rings. The van der Waals surface area contributed by atoms with E-state index in [4.69, 9.17) is 29.6 Å². The summed E-state index contributed by atoms with van der Waals surface area (Å²) in [7, 11) is 1.58. The molecule has 0 aromatic heterocycles. The van der Waals surface area contributed by atoms with Gasteiger partial charge < -0.3 is 16.4 Å². The molecule has 0 aliphatic rings. The van der Waals surface area contributed by atoms with Crippen LogP contribution in [0.1, 0.15) is 12.5 Å². The fraction of sp³-hybridized carbons (Fsp3) is 0.273. The molecule has 0 saturated carbocycles. The molecular weight excluding hydrogens is 258 g/mol. The van der Waals surface area contributed by atoms with Crippen LogP contribution in [0.15, 0.2) is 18.2 Å². The van der Waals surface area contributed by atoms with Crippen LogP contribution < -0.4 is 16.4 Å². The Hall–Kier alpha value is -1.33. The average molecular weight is 272 g/mol. The Morgan fingerprint density at radius 1 is 1.53 bits per heavy atom. The van der Waals surface area contributed by atoms with Crippen molar-refractivity contribution < 1.29 is 4.79 Å². The molecule has 0 radical (unpaired) electrons. The van der Waals surface area contributed by atoms with Gasteiger partial charge in [0.15, 0.2) is 0 Å². The standard InChI is InChI=1S/C11H14ClN3OS/c1-6(11(16)14-2)15-9-5-7(12)3-4-8(9)10(13)17/h3-6,15H,1-2H3,(H2,13,17)(H,14,16). The second kappa shape index (κ2) is 5.84. The summed E-state index contributed by atoms with van der Waals surface area (Å²) in [6.07, 6.45) is 0. The van der Waals surface area contributed by atoms with Crippen molar-refractivity contribution in [1.82, 2.24) is 5.32 Å². The summed E-state index contributed by atoms with van der Waals surface area (Å²) < 4.78 is 0. The fourth-order valence-corrected chi connectivity index (χ4v) is 1.72. The Bertz CT molecular complexity index is 450. The number of nitrogens with one attached hydrogen (secondary N) is 2. The van der Waals surface area contributed by atoms with Gasteiger partial charge in [-0.1, -0.05) is 23.8 Å². The summed E-state index contributed by atoms with van der Waals surface area (Å²) in [5.74, 6) is -0.126. The van der Waals surface area contributed by atoms with Crippen LogP contribution in [-0.4, -0.2) is 24.0 Å². The minimum Gasteiger partial charge on any atom is -0.389 e. The highest BCUT2D eigenvalue weighted by Gasteiger charge is 2.13. The average Bonchev–Trinajstić information content (AvgIpc) is 2.27. The first-order valence-electron chi connectivity index (χ1n) is 5.03. The van der Waals surface area contributed by atoms with Crippen LogP contribution >= 0.6 is 23.8 Å². The first-order chi connectivity index (χ1) is 7.95. The smallest absolute Gasteiger partial charge is 0.241 e. The number of benzene rings is 1. The second-order valence-electron chi connectivity index (χ2n) is 3.53. The van der Waals surface area contributed by atoms with Crippen molar-refractivity contribution in [3.05, 3.63) is 28.8 Å². The highest BCUT2D eigenvalue weighted by molar-refractivity contribution is 7.80. The van der Waals surface area contributed by atoms with E-state index in [1.165, 1.54) is 0 Å². The van der Waals surface area contributed by atoms with E-state index < -0.39 is 6.04 Å². The molecule has 0 bridgehead atoms. The molecule has 0 heterocycles. The lowest BCUT2D eigenvalue weighted by Gasteiger charge is -2.16. The number of halogens is 1. The van der Waals surface area contributed by atoms with Crippen LogP contribution in [0.25, 0.3) is 0 Å². The van der Waals surface area contributed by atoms with Gasteiger partial charge in [-0.3, -0.25) is 4.79 Å². The molecule has 6 heteroatoms. The summed E-state index contributed by atoms with van der Waals surface area (Å²) in [5.41, 5.74) is 6.92. The lowest BCUT2D eigenvalue weighted by molar-refractivity contribution is -0.121. The molecule has 1 amide bonds. The van der Waals surface area contributed by atoms with Crippen LogP contribution in [0.3, 0.4) is 0 Å². The lowest BCUT2D eigenvalue weighted by atomic mass is 10.1. The molecule has 1 rings (SSSR count). The molecule has 0 aliphatic heterocycles. The Morgan fingerprint density at radius 3 is 2.71 bits per heavy atom. The Labute approximate surface area is 111 Å². The van der Waals surface area contributed by atoms with Crippen LogP contribution in [0.2, 0.25) is 5.02 Å². The van der Waals surface area contributed by atoms with Crippen molar-refractivity contribution >= 4 is 40.4 Å². The van der Waals surface area contributed by atoms with Gasteiger partial charge in [-0.05, 0) is 25.1 Å². The Kier molecular flexibility index (Phi) is 4.72. The number of anilines is 1. The maximum atomic E-state index is 11.4. The zero-order valence-corrected chi connectivity index (χ0v) is 11.2. The van der Waals surface area contributed by atoms with Crippen molar-refractivity contribution in [2.75, 3.05) is 12.4 Å². The monoisotopic (exact) mass is 271 g/mol. The SMILES string of the molecule is CNC(=O)C(C)Nc1cc(Cl)ccc1C(N)=S. The highest BCUT2D eigenvalue weighted by atomic mass is 35.5. The van der Waals surface area contributed by atoms with Gasteiger partial charge in [-0.2, -0.15) is 0 Å². The van der Waals surface area contributed by atoms with Crippen molar-refractivity contribution in [3.8, 4) is 0 Å². The number of hydrogen-bond acceptors (Lipinski definition) is 3. The molecule has 0 aliphatic carbocycles. The van der Waals surface area contributed by atoms with E-state index in [0.717, 1.165) is 0 Å². The quantitative estimate of drug-likeness (QED) is 0.727. The predicted octanol–water partition coefficient (Wildman–Crippen LogP) is 1.52.